The fourth-order valence-electron chi connectivity index (χ4n) is 2.95. The molecular weight excluding hydrogens is 252 g/mol. The van der Waals surface area contributed by atoms with Crippen molar-refractivity contribution in [2.75, 3.05) is 19.7 Å². The molecule has 2 rings (SSSR count). The van der Waals surface area contributed by atoms with Gasteiger partial charge in [0.1, 0.15) is 0 Å². The van der Waals surface area contributed by atoms with Crippen LogP contribution in [0.5, 0.6) is 0 Å². The number of aromatic nitrogens is 1. The van der Waals surface area contributed by atoms with E-state index in [0.29, 0.717) is 13.2 Å². The maximum Gasteiger partial charge on any atom is 0.320 e. The van der Waals surface area contributed by atoms with E-state index in [9.17, 15) is 4.79 Å². The van der Waals surface area contributed by atoms with Crippen LogP contribution in [0.15, 0.2) is 18.3 Å². The van der Waals surface area contributed by atoms with E-state index in [2.05, 4.69) is 22.9 Å². The van der Waals surface area contributed by atoms with Crippen LogP contribution in [0.2, 0.25) is 0 Å². The highest BCUT2D eigenvalue weighted by Gasteiger charge is 2.28. The van der Waals surface area contributed by atoms with Crippen LogP contribution in [0.1, 0.15) is 50.4 Å². The summed E-state index contributed by atoms with van der Waals surface area (Å²) < 4.78 is 5.10. The largest absolute Gasteiger partial charge is 0.465 e. The van der Waals surface area contributed by atoms with Crippen molar-refractivity contribution in [3.63, 3.8) is 0 Å². The molecule has 0 saturated heterocycles. The lowest BCUT2D eigenvalue weighted by atomic mass is 9.90. The zero-order chi connectivity index (χ0) is 14.4. The van der Waals surface area contributed by atoms with Crippen LogP contribution in [0, 0.1) is 0 Å². The third-order valence-corrected chi connectivity index (χ3v) is 3.75. The van der Waals surface area contributed by atoms with E-state index in [0.717, 1.165) is 37.9 Å². The number of carbonyl (C=O) groups excluding carboxylic acids is 1. The molecule has 110 valence electrons. The number of fused-ring (bicyclic) bond motifs is 1. The van der Waals surface area contributed by atoms with Crippen molar-refractivity contribution in [3.8, 4) is 0 Å². The van der Waals surface area contributed by atoms with Crippen LogP contribution in [-0.4, -0.2) is 35.5 Å². The summed E-state index contributed by atoms with van der Waals surface area (Å²) in [6.07, 6.45) is 6.21. The van der Waals surface area contributed by atoms with E-state index in [1.165, 1.54) is 5.56 Å². The SMILES string of the molecule is CCCN(CC(=O)OCC)C1CCCc2cccnc21. The van der Waals surface area contributed by atoms with Crippen LogP contribution >= 0.6 is 0 Å². The molecule has 1 heterocycles. The summed E-state index contributed by atoms with van der Waals surface area (Å²) in [7, 11) is 0. The normalized spacial score (nSPS) is 17.9. The van der Waals surface area contributed by atoms with Gasteiger partial charge >= 0.3 is 5.97 Å². The molecule has 0 aromatic carbocycles. The molecule has 0 radical (unpaired) electrons. The van der Waals surface area contributed by atoms with Gasteiger partial charge in [0.15, 0.2) is 0 Å². The molecule has 1 aliphatic rings. The van der Waals surface area contributed by atoms with E-state index in [-0.39, 0.29) is 12.0 Å². The Morgan fingerprint density at radius 1 is 1.50 bits per heavy atom. The van der Waals surface area contributed by atoms with E-state index >= 15 is 0 Å². The number of hydrogen-bond acceptors (Lipinski definition) is 4. The first-order valence-electron chi connectivity index (χ1n) is 7.59. The molecule has 0 fully saturated rings. The second-order valence-electron chi connectivity index (χ2n) is 5.23. The molecule has 1 atom stereocenters. The van der Waals surface area contributed by atoms with Gasteiger partial charge in [-0.1, -0.05) is 13.0 Å². The number of aryl methyl sites for hydroxylation is 1. The van der Waals surface area contributed by atoms with Gasteiger partial charge in [-0.15, -0.1) is 0 Å². The van der Waals surface area contributed by atoms with Gasteiger partial charge in [-0.05, 0) is 50.8 Å². The molecular formula is C16H24N2O2. The van der Waals surface area contributed by atoms with Crippen molar-refractivity contribution in [2.45, 2.75) is 45.6 Å². The first kappa shape index (κ1) is 15.0. The van der Waals surface area contributed by atoms with Gasteiger partial charge in [-0.3, -0.25) is 14.7 Å². The van der Waals surface area contributed by atoms with Crippen molar-refractivity contribution in [2.24, 2.45) is 0 Å². The van der Waals surface area contributed by atoms with Crippen LogP contribution in [0.4, 0.5) is 0 Å². The Hall–Kier alpha value is -1.42. The van der Waals surface area contributed by atoms with Crippen molar-refractivity contribution in [1.82, 2.24) is 9.88 Å². The summed E-state index contributed by atoms with van der Waals surface area (Å²) >= 11 is 0. The predicted octanol–water partition coefficient (Wildman–Crippen LogP) is 2.73. The molecule has 0 amide bonds. The maximum absolute atomic E-state index is 11.8. The Balaban J connectivity index is 2.15. The minimum absolute atomic E-state index is 0.135. The molecule has 20 heavy (non-hydrogen) atoms. The molecule has 0 saturated carbocycles. The Morgan fingerprint density at radius 2 is 2.35 bits per heavy atom. The molecule has 1 aromatic heterocycles. The predicted molar refractivity (Wildman–Crippen MR) is 78.4 cm³/mol. The first-order chi connectivity index (χ1) is 9.76. The first-order valence-corrected chi connectivity index (χ1v) is 7.59. The molecule has 1 aliphatic carbocycles. The lowest BCUT2D eigenvalue weighted by molar-refractivity contribution is -0.145. The Labute approximate surface area is 121 Å². The average Bonchev–Trinajstić information content (AvgIpc) is 2.46. The Bertz CT molecular complexity index is 448. The van der Waals surface area contributed by atoms with E-state index in [1.807, 2.05) is 19.2 Å². The number of pyridine rings is 1. The third-order valence-electron chi connectivity index (χ3n) is 3.75. The lowest BCUT2D eigenvalue weighted by Crippen LogP contribution is -2.37. The summed E-state index contributed by atoms with van der Waals surface area (Å²) in [5.41, 5.74) is 2.48. The minimum Gasteiger partial charge on any atom is -0.465 e. The molecule has 1 unspecified atom stereocenters. The highest BCUT2D eigenvalue weighted by molar-refractivity contribution is 5.71. The Kier molecular flexibility index (Phi) is 5.53. The molecule has 4 heteroatoms. The van der Waals surface area contributed by atoms with Crippen LogP contribution < -0.4 is 0 Å². The second kappa shape index (κ2) is 7.39. The standard InChI is InChI=1S/C16H24N2O2/c1-3-11-18(12-15(19)20-4-2)14-9-5-7-13-8-6-10-17-16(13)14/h6,8,10,14H,3-5,7,9,11-12H2,1-2H3. The molecule has 0 aliphatic heterocycles. The van der Waals surface area contributed by atoms with Crippen LogP contribution in [0.25, 0.3) is 0 Å². The van der Waals surface area contributed by atoms with Crippen LogP contribution in [0.3, 0.4) is 0 Å². The highest BCUT2D eigenvalue weighted by Crippen LogP contribution is 2.32. The maximum atomic E-state index is 11.8. The molecule has 0 bridgehead atoms. The van der Waals surface area contributed by atoms with Gasteiger partial charge in [-0.2, -0.15) is 0 Å². The number of ether oxygens (including phenoxy) is 1. The summed E-state index contributed by atoms with van der Waals surface area (Å²) in [4.78, 5) is 18.6. The fraction of sp³-hybridized carbons (Fsp3) is 0.625. The minimum atomic E-state index is -0.135. The van der Waals surface area contributed by atoms with Gasteiger partial charge in [0.2, 0.25) is 0 Å². The topological polar surface area (TPSA) is 42.4 Å². The van der Waals surface area contributed by atoms with Crippen molar-refractivity contribution < 1.29 is 9.53 Å². The van der Waals surface area contributed by atoms with Gasteiger partial charge in [0, 0.05) is 6.20 Å². The van der Waals surface area contributed by atoms with Gasteiger partial charge in [-0.25, -0.2) is 0 Å². The number of rotatable bonds is 6. The average molecular weight is 276 g/mol. The molecule has 0 N–H and O–H groups in total. The van der Waals surface area contributed by atoms with Crippen molar-refractivity contribution >= 4 is 5.97 Å². The lowest BCUT2D eigenvalue weighted by Gasteiger charge is -2.34. The van der Waals surface area contributed by atoms with Gasteiger partial charge < -0.3 is 4.74 Å². The smallest absolute Gasteiger partial charge is 0.320 e. The zero-order valence-electron chi connectivity index (χ0n) is 12.5. The monoisotopic (exact) mass is 276 g/mol. The van der Waals surface area contributed by atoms with Crippen molar-refractivity contribution in [3.05, 3.63) is 29.6 Å². The number of nitrogens with zero attached hydrogens (tertiary/aromatic N) is 2. The van der Waals surface area contributed by atoms with E-state index in [1.54, 1.807) is 0 Å². The van der Waals surface area contributed by atoms with E-state index < -0.39 is 0 Å². The summed E-state index contributed by atoms with van der Waals surface area (Å²) in [5, 5.41) is 0. The van der Waals surface area contributed by atoms with Gasteiger partial charge in [0.05, 0.1) is 24.9 Å². The number of hydrogen-bond donors (Lipinski definition) is 0. The second-order valence-corrected chi connectivity index (χ2v) is 5.23. The number of esters is 1. The molecule has 0 spiro atoms. The summed E-state index contributed by atoms with van der Waals surface area (Å²) in [6.45, 7) is 5.69. The third kappa shape index (κ3) is 3.57. The zero-order valence-corrected chi connectivity index (χ0v) is 12.5. The summed E-state index contributed by atoms with van der Waals surface area (Å²) in [6, 6.07) is 4.41. The van der Waals surface area contributed by atoms with Crippen molar-refractivity contribution in [1.29, 1.82) is 0 Å². The van der Waals surface area contributed by atoms with E-state index in [4.69, 9.17) is 4.74 Å². The number of carbonyl (C=O) groups is 1. The fourth-order valence-corrected chi connectivity index (χ4v) is 2.95. The van der Waals surface area contributed by atoms with Crippen LogP contribution in [-0.2, 0) is 16.0 Å². The quantitative estimate of drug-likeness (QED) is 0.749. The molecule has 4 nitrogen and oxygen atoms in total. The molecule has 1 aromatic rings. The summed E-state index contributed by atoms with van der Waals surface area (Å²) in [5.74, 6) is -0.135. The Morgan fingerprint density at radius 3 is 3.10 bits per heavy atom. The van der Waals surface area contributed by atoms with Gasteiger partial charge in [0.25, 0.3) is 0 Å². The highest BCUT2D eigenvalue weighted by atomic mass is 16.5.